The number of aryl methyl sites for hydroxylation is 2. The van der Waals surface area contributed by atoms with Gasteiger partial charge in [0.15, 0.2) is 10.7 Å². The lowest BCUT2D eigenvalue weighted by molar-refractivity contribution is -0.129. The van der Waals surface area contributed by atoms with Crippen LogP contribution in [0, 0.1) is 19.8 Å². The summed E-state index contributed by atoms with van der Waals surface area (Å²) in [6, 6.07) is 0. The van der Waals surface area contributed by atoms with Crippen LogP contribution in [0.5, 0.6) is 0 Å². The molecule has 1 aliphatic rings. The SMILES string of the molecule is Cc1noc(C)c1S(=O)(=O)NC(=O)c1noc([C@@H](CCCC2CCCCC2)CC(=O)NO)n1. The number of amides is 2. The molecule has 3 N–H and O–H groups in total. The molecular weight excluding hydrogens is 454 g/mol. The molecule has 3 rings (SSSR count). The van der Waals surface area contributed by atoms with E-state index < -0.39 is 33.6 Å². The fraction of sp³-hybridized carbons (Fsp3) is 0.650. The van der Waals surface area contributed by atoms with Gasteiger partial charge < -0.3 is 9.05 Å². The van der Waals surface area contributed by atoms with Crippen molar-refractivity contribution in [3.8, 4) is 0 Å². The first-order chi connectivity index (χ1) is 15.7. The number of carbonyl (C=O) groups is 2. The molecule has 1 aliphatic carbocycles. The van der Waals surface area contributed by atoms with Gasteiger partial charge in [-0.2, -0.15) is 4.98 Å². The molecule has 12 nitrogen and oxygen atoms in total. The highest BCUT2D eigenvalue weighted by Gasteiger charge is 2.30. The third-order valence-corrected chi connectivity index (χ3v) is 7.48. The minimum atomic E-state index is -4.26. The van der Waals surface area contributed by atoms with E-state index in [0.717, 1.165) is 12.8 Å². The monoisotopic (exact) mass is 483 g/mol. The molecule has 1 fully saturated rings. The molecule has 13 heteroatoms. The molecule has 33 heavy (non-hydrogen) atoms. The average molecular weight is 484 g/mol. The fourth-order valence-electron chi connectivity index (χ4n) is 4.28. The summed E-state index contributed by atoms with van der Waals surface area (Å²) in [4.78, 5) is 28.0. The summed E-state index contributed by atoms with van der Waals surface area (Å²) in [5, 5.41) is 16.1. The minimum Gasteiger partial charge on any atom is -0.360 e. The number of carbonyl (C=O) groups excluding carboxylic acids is 2. The molecule has 0 radical (unpaired) electrons. The summed E-state index contributed by atoms with van der Waals surface area (Å²) >= 11 is 0. The van der Waals surface area contributed by atoms with Crippen molar-refractivity contribution < 1.29 is 32.3 Å². The van der Waals surface area contributed by atoms with Gasteiger partial charge in [0.2, 0.25) is 11.8 Å². The van der Waals surface area contributed by atoms with Crippen LogP contribution < -0.4 is 10.2 Å². The molecule has 0 bridgehead atoms. The van der Waals surface area contributed by atoms with Crippen LogP contribution >= 0.6 is 0 Å². The van der Waals surface area contributed by atoms with E-state index in [-0.39, 0.29) is 28.7 Å². The zero-order valence-electron chi connectivity index (χ0n) is 18.7. The molecule has 2 amide bonds. The molecule has 1 saturated carbocycles. The molecule has 0 aromatic carbocycles. The average Bonchev–Trinajstić information content (AvgIpc) is 3.40. The maximum atomic E-state index is 12.5. The van der Waals surface area contributed by atoms with Gasteiger partial charge in [0.25, 0.3) is 15.8 Å². The summed E-state index contributed by atoms with van der Waals surface area (Å²) in [6.07, 6.45) is 8.41. The predicted octanol–water partition coefficient (Wildman–Crippen LogP) is 2.52. The second-order valence-corrected chi connectivity index (χ2v) is 10.0. The van der Waals surface area contributed by atoms with E-state index >= 15 is 0 Å². The maximum Gasteiger partial charge on any atom is 0.306 e. The Hall–Kier alpha value is -2.80. The van der Waals surface area contributed by atoms with Crippen LogP contribution in [0.1, 0.15) is 91.7 Å². The Morgan fingerprint density at radius 2 is 1.88 bits per heavy atom. The van der Waals surface area contributed by atoms with Crippen molar-refractivity contribution in [3.05, 3.63) is 23.2 Å². The van der Waals surface area contributed by atoms with E-state index in [0.29, 0.717) is 12.3 Å². The molecular formula is C20H29N5O7S. The fourth-order valence-corrected chi connectivity index (χ4v) is 5.56. The highest BCUT2D eigenvalue weighted by atomic mass is 32.2. The third-order valence-electron chi connectivity index (χ3n) is 5.90. The first-order valence-corrected chi connectivity index (χ1v) is 12.5. The van der Waals surface area contributed by atoms with Gasteiger partial charge in [-0.15, -0.1) is 0 Å². The molecule has 2 heterocycles. The molecule has 2 aromatic heterocycles. The third kappa shape index (κ3) is 6.38. The lowest BCUT2D eigenvalue weighted by Crippen LogP contribution is -2.32. The normalized spacial score (nSPS) is 15.8. The lowest BCUT2D eigenvalue weighted by Gasteiger charge is -2.22. The van der Waals surface area contributed by atoms with Crippen LogP contribution in [0.2, 0.25) is 0 Å². The van der Waals surface area contributed by atoms with Crippen molar-refractivity contribution in [2.75, 3.05) is 0 Å². The first-order valence-electron chi connectivity index (χ1n) is 11.0. The number of hydroxylamine groups is 1. The Labute approximate surface area is 191 Å². The Bertz CT molecular complexity index is 1050. The van der Waals surface area contributed by atoms with Gasteiger partial charge in [0.05, 0.1) is 0 Å². The summed E-state index contributed by atoms with van der Waals surface area (Å²) < 4.78 is 37.0. The molecule has 0 unspecified atom stereocenters. The van der Waals surface area contributed by atoms with Crippen LogP contribution in [0.4, 0.5) is 0 Å². The van der Waals surface area contributed by atoms with E-state index in [9.17, 15) is 18.0 Å². The zero-order valence-corrected chi connectivity index (χ0v) is 19.5. The summed E-state index contributed by atoms with van der Waals surface area (Å²) in [5.74, 6) is -1.99. The Kier molecular flexibility index (Phi) is 8.19. The van der Waals surface area contributed by atoms with Crippen LogP contribution in [0.25, 0.3) is 0 Å². The van der Waals surface area contributed by atoms with Crippen molar-refractivity contribution in [2.24, 2.45) is 5.92 Å². The Morgan fingerprint density at radius 3 is 2.52 bits per heavy atom. The van der Waals surface area contributed by atoms with E-state index in [4.69, 9.17) is 14.3 Å². The van der Waals surface area contributed by atoms with Crippen molar-refractivity contribution in [1.29, 1.82) is 0 Å². The molecule has 0 saturated heterocycles. The molecule has 0 spiro atoms. The number of hydrogen-bond acceptors (Lipinski definition) is 10. The molecule has 2 aromatic rings. The summed E-state index contributed by atoms with van der Waals surface area (Å²) in [7, 11) is -4.26. The van der Waals surface area contributed by atoms with Gasteiger partial charge in [0, 0.05) is 12.3 Å². The number of rotatable bonds is 10. The molecule has 1 atom stereocenters. The largest absolute Gasteiger partial charge is 0.360 e. The number of aromatic nitrogens is 3. The van der Waals surface area contributed by atoms with Crippen LogP contribution in [0.15, 0.2) is 13.9 Å². The van der Waals surface area contributed by atoms with Crippen molar-refractivity contribution in [1.82, 2.24) is 25.5 Å². The maximum absolute atomic E-state index is 12.5. The van der Waals surface area contributed by atoms with Crippen LogP contribution in [-0.4, -0.2) is 40.7 Å². The summed E-state index contributed by atoms with van der Waals surface area (Å²) in [6.45, 7) is 2.85. The zero-order chi connectivity index (χ0) is 24.0. The minimum absolute atomic E-state index is 0.0298. The quantitative estimate of drug-likeness (QED) is 0.336. The van der Waals surface area contributed by atoms with E-state index in [1.165, 1.54) is 46.0 Å². The van der Waals surface area contributed by atoms with Gasteiger partial charge in [-0.1, -0.05) is 55.3 Å². The summed E-state index contributed by atoms with van der Waals surface area (Å²) in [5.41, 5.74) is 1.70. The number of sulfonamides is 1. The predicted molar refractivity (Wildman–Crippen MR) is 113 cm³/mol. The number of nitrogens with one attached hydrogen (secondary N) is 2. The van der Waals surface area contributed by atoms with Crippen LogP contribution in [-0.2, 0) is 14.8 Å². The van der Waals surface area contributed by atoms with Crippen molar-refractivity contribution in [2.45, 2.75) is 82.4 Å². The Morgan fingerprint density at radius 1 is 1.15 bits per heavy atom. The standard InChI is InChI=1S/C20H29N5O7S/c1-12-17(13(2)31-23-12)33(29,30)25-19(27)18-21-20(32-24-18)15(11-16(26)22-28)10-6-9-14-7-4-3-5-8-14/h14-15,28H,3-11H2,1-2H3,(H,22,26)(H,25,27)/t15-/m0/s1. The van der Waals surface area contributed by atoms with Crippen molar-refractivity contribution >= 4 is 21.8 Å². The van der Waals surface area contributed by atoms with E-state index in [2.05, 4.69) is 15.3 Å². The highest BCUT2D eigenvalue weighted by Crippen LogP contribution is 2.31. The highest BCUT2D eigenvalue weighted by molar-refractivity contribution is 7.90. The van der Waals surface area contributed by atoms with E-state index in [1.807, 2.05) is 4.72 Å². The van der Waals surface area contributed by atoms with E-state index in [1.54, 1.807) is 5.48 Å². The van der Waals surface area contributed by atoms with Gasteiger partial charge in [-0.05, 0) is 26.2 Å². The first kappa shape index (κ1) is 24.8. The molecule has 182 valence electrons. The Balaban J connectivity index is 1.68. The smallest absolute Gasteiger partial charge is 0.306 e. The van der Waals surface area contributed by atoms with Gasteiger partial charge in [-0.25, -0.2) is 18.6 Å². The topological polar surface area (TPSA) is 178 Å². The number of hydrogen-bond donors (Lipinski definition) is 3. The van der Waals surface area contributed by atoms with Gasteiger partial charge in [-0.3, -0.25) is 14.8 Å². The van der Waals surface area contributed by atoms with Gasteiger partial charge in [0.1, 0.15) is 5.69 Å². The van der Waals surface area contributed by atoms with Gasteiger partial charge >= 0.3 is 5.91 Å². The second kappa shape index (κ2) is 10.9. The second-order valence-electron chi connectivity index (χ2n) is 8.42. The van der Waals surface area contributed by atoms with Crippen molar-refractivity contribution in [3.63, 3.8) is 0 Å². The molecule has 0 aliphatic heterocycles. The number of nitrogens with zero attached hydrogens (tertiary/aromatic N) is 3. The van der Waals surface area contributed by atoms with Crippen LogP contribution in [0.3, 0.4) is 0 Å². The lowest BCUT2D eigenvalue weighted by atomic mass is 9.84.